The number of sulfone groups is 1. The third kappa shape index (κ3) is 4.40. The van der Waals surface area contributed by atoms with E-state index in [9.17, 15) is 22.0 Å². The van der Waals surface area contributed by atoms with Crippen LogP contribution in [0.5, 0.6) is 5.75 Å². The maximum Gasteiger partial charge on any atom is 0.190 e. The molecule has 0 aromatic heterocycles. The summed E-state index contributed by atoms with van der Waals surface area (Å²) in [6.45, 7) is -0.124. The topological polar surface area (TPSA) is 60.4 Å². The molecule has 0 radical (unpaired) electrons. The van der Waals surface area contributed by atoms with Gasteiger partial charge < -0.3 is 4.74 Å². The normalized spacial score (nSPS) is 11.3. The van der Waals surface area contributed by atoms with Crippen molar-refractivity contribution in [2.75, 3.05) is 18.6 Å². The molecule has 0 atom stereocenters. The van der Waals surface area contributed by atoms with Crippen LogP contribution in [0, 0.1) is 11.6 Å². The SMILES string of the molecule is CS(=O)(=O)CCCOc1c(F)cc(C=O)cc1F. The van der Waals surface area contributed by atoms with Crippen molar-refractivity contribution in [1.29, 1.82) is 0 Å². The highest BCUT2D eigenvalue weighted by Gasteiger charge is 2.12. The summed E-state index contributed by atoms with van der Waals surface area (Å²) < 4.78 is 53.1. The Labute approximate surface area is 103 Å². The Hall–Kier alpha value is -1.50. The van der Waals surface area contributed by atoms with Gasteiger partial charge in [-0.15, -0.1) is 0 Å². The Morgan fingerprint density at radius 1 is 1.28 bits per heavy atom. The number of benzene rings is 1. The van der Waals surface area contributed by atoms with Crippen molar-refractivity contribution in [3.63, 3.8) is 0 Å². The predicted molar refractivity (Wildman–Crippen MR) is 61.6 cm³/mol. The standard InChI is InChI=1S/C11H12F2O4S/c1-18(15,16)4-2-3-17-11-9(12)5-8(7-14)6-10(11)13/h5-7H,2-4H2,1H3. The van der Waals surface area contributed by atoms with E-state index in [0.717, 1.165) is 18.4 Å². The van der Waals surface area contributed by atoms with Crippen LogP contribution in [0.15, 0.2) is 12.1 Å². The molecule has 7 heteroatoms. The van der Waals surface area contributed by atoms with Crippen molar-refractivity contribution in [2.45, 2.75) is 6.42 Å². The van der Waals surface area contributed by atoms with Crippen LogP contribution < -0.4 is 4.74 Å². The van der Waals surface area contributed by atoms with E-state index in [1.807, 2.05) is 0 Å². The zero-order valence-corrected chi connectivity index (χ0v) is 10.5. The highest BCUT2D eigenvalue weighted by Crippen LogP contribution is 2.22. The smallest absolute Gasteiger partial charge is 0.190 e. The zero-order valence-electron chi connectivity index (χ0n) is 9.65. The van der Waals surface area contributed by atoms with E-state index in [4.69, 9.17) is 4.74 Å². The first kappa shape index (κ1) is 14.6. The van der Waals surface area contributed by atoms with Crippen molar-refractivity contribution in [2.24, 2.45) is 0 Å². The maximum atomic E-state index is 13.3. The largest absolute Gasteiger partial charge is 0.488 e. The van der Waals surface area contributed by atoms with E-state index in [0.29, 0.717) is 6.29 Å². The molecule has 0 heterocycles. The second-order valence-electron chi connectivity index (χ2n) is 3.76. The molecule has 0 bridgehead atoms. The van der Waals surface area contributed by atoms with Crippen LogP contribution in [0.25, 0.3) is 0 Å². The number of rotatable bonds is 6. The van der Waals surface area contributed by atoms with Crippen molar-refractivity contribution >= 4 is 16.1 Å². The Balaban J connectivity index is 2.65. The van der Waals surface area contributed by atoms with Crippen LogP contribution in [0.3, 0.4) is 0 Å². The monoisotopic (exact) mass is 278 g/mol. The highest BCUT2D eigenvalue weighted by atomic mass is 32.2. The zero-order chi connectivity index (χ0) is 13.8. The molecule has 0 fully saturated rings. The Morgan fingerprint density at radius 3 is 2.28 bits per heavy atom. The molecule has 0 saturated carbocycles. The molecule has 1 aromatic carbocycles. The number of hydrogen-bond donors (Lipinski definition) is 0. The molecule has 1 rings (SSSR count). The number of halogens is 2. The van der Waals surface area contributed by atoms with Crippen LogP contribution in [-0.2, 0) is 9.84 Å². The Morgan fingerprint density at radius 2 is 1.83 bits per heavy atom. The molecule has 18 heavy (non-hydrogen) atoms. The van der Waals surface area contributed by atoms with Crippen molar-refractivity contribution < 1.29 is 26.7 Å². The molecule has 0 aliphatic heterocycles. The minimum absolute atomic E-state index is 0.122. The van der Waals surface area contributed by atoms with E-state index < -0.39 is 27.2 Å². The van der Waals surface area contributed by atoms with E-state index in [-0.39, 0.29) is 24.3 Å². The molecule has 0 saturated heterocycles. The number of hydrogen-bond acceptors (Lipinski definition) is 4. The van der Waals surface area contributed by atoms with Gasteiger partial charge in [0.15, 0.2) is 17.4 Å². The van der Waals surface area contributed by atoms with Gasteiger partial charge in [-0.1, -0.05) is 0 Å². The van der Waals surface area contributed by atoms with E-state index >= 15 is 0 Å². The first-order chi connectivity index (χ1) is 8.33. The van der Waals surface area contributed by atoms with Crippen LogP contribution in [-0.4, -0.2) is 33.3 Å². The second kappa shape index (κ2) is 5.90. The second-order valence-corrected chi connectivity index (χ2v) is 6.02. The van der Waals surface area contributed by atoms with Crippen LogP contribution in [0.4, 0.5) is 8.78 Å². The van der Waals surface area contributed by atoms with Gasteiger partial charge in [-0.05, 0) is 18.6 Å². The minimum Gasteiger partial charge on any atom is -0.488 e. The molecular weight excluding hydrogens is 266 g/mol. The maximum absolute atomic E-state index is 13.3. The van der Waals surface area contributed by atoms with Gasteiger partial charge in [-0.2, -0.15) is 0 Å². The minimum atomic E-state index is -3.12. The fraction of sp³-hybridized carbons (Fsp3) is 0.364. The lowest BCUT2D eigenvalue weighted by atomic mass is 10.2. The van der Waals surface area contributed by atoms with Crippen LogP contribution in [0.2, 0.25) is 0 Å². The molecule has 100 valence electrons. The summed E-state index contributed by atoms with van der Waals surface area (Å²) in [4.78, 5) is 10.4. The predicted octanol–water partition coefficient (Wildman–Crippen LogP) is 1.59. The summed E-state index contributed by atoms with van der Waals surface area (Å²) in [5.74, 6) is -2.70. The highest BCUT2D eigenvalue weighted by molar-refractivity contribution is 7.90. The quantitative estimate of drug-likeness (QED) is 0.585. The molecule has 1 aromatic rings. The fourth-order valence-electron chi connectivity index (χ4n) is 1.28. The summed E-state index contributed by atoms with van der Waals surface area (Å²) in [6.07, 6.45) is 1.51. The van der Waals surface area contributed by atoms with E-state index in [2.05, 4.69) is 0 Å². The van der Waals surface area contributed by atoms with Gasteiger partial charge in [0.1, 0.15) is 16.1 Å². The van der Waals surface area contributed by atoms with Gasteiger partial charge >= 0.3 is 0 Å². The van der Waals surface area contributed by atoms with Gasteiger partial charge in [0.05, 0.1) is 12.4 Å². The van der Waals surface area contributed by atoms with Crippen molar-refractivity contribution in [1.82, 2.24) is 0 Å². The lowest BCUT2D eigenvalue weighted by Gasteiger charge is -2.08. The van der Waals surface area contributed by atoms with Crippen LogP contribution in [0.1, 0.15) is 16.8 Å². The molecule has 0 amide bonds. The van der Waals surface area contributed by atoms with Gasteiger partial charge in [-0.25, -0.2) is 17.2 Å². The first-order valence-corrected chi connectivity index (χ1v) is 7.14. The van der Waals surface area contributed by atoms with Gasteiger partial charge in [0.2, 0.25) is 0 Å². The summed E-state index contributed by atoms with van der Waals surface area (Å²) in [5, 5.41) is 0. The molecular formula is C11H12F2O4S. The summed E-state index contributed by atoms with van der Waals surface area (Å²) in [7, 11) is -3.12. The summed E-state index contributed by atoms with van der Waals surface area (Å²) in [6, 6.07) is 1.70. The van der Waals surface area contributed by atoms with E-state index in [1.165, 1.54) is 0 Å². The average Bonchev–Trinajstić information content (AvgIpc) is 2.25. The lowest BCUT2D eigenvalue weighted by molar-refractivity contribution is 0.112. The fourth-order valence-corrected chi connectivity index (χ4v) is 1.92. The Bertz CT molecular complexity index is 517. The number of ether oxygens (including phenoxy) is 1. The van der Waals surface area contributed by atoms with E-state index in [1.54, 1.807) is 0 Å². The third-order valence-electron chi connectivity index (χ3n) is 2.06. The Kier molecular flexibility index (Phi) is 4.77. The molecule has 0 aliphatic carbocycles. The first-order valence-electron chi connectivity index (χ1n) is 5.08. The van der Waals surface area contributed by atoms with Gasteiger partial charge in [0, 0.05) is 11.8 Å². The number of aldehydes is 1. The summed E-state index contributed by atoms with van der Waals surface area (Å²) in [5.41, 5.74) is -0.131. The third-order valence-corrected chi connectivity index (χ3v) is 3.09. The van der Waals surface area contributed by atoms with Crippen molar-refractivity contribution in [3.8, 4) is 5.75 Å². The lowest BCUT2D eigenvalue weighted by Crippen LogP contribution is -2.09. The molecule has 4 nitrogen and oxygen atoms in total. The molecule has 0 unspecified atom stereocenters. The average molecular weight is 278 g/mol. The number of carbonyl (C=O) groups is 1. The number of carbonyl (C=O) groups excluding carboxylic acids is 1. The summed E-state index contributed by atoms with van der Waals surface area (Å²) >= 11 is 0. The van der Waals surface area contributed by atoms with Gasteiger partial charge in [0.25, 0.3) is 0 Å². The molecule has 0 N–H and O–H groups in total. The molecule has 0 aliphatic rings. The molecule has 0 spiro atoms. The van der Waals surface area contributed by atoms with Crippen molar-refractivity contribution in [3.05, 3.63) is 29.3 Å². The van der Waals surface area contributed by atoms with Gasteiger partial charge in [-0.3, -0.25) is 4.79 Å². The van der Waals surface area contributed by atoms with Crippen LogP contribution >= 0.6 is 0 Å².